The molecule has 0 aliphatic rings. The molecule has 0 aromatic carbocycles. The second kappa shape index (κ2) is 15.9. The molecular formula is C22H40O4. The third-order valence-corrected chi connectivity index (χ3v) is 4.12. The van der Waals surface area contributed by atoms with Gasteiger partial charge >= 0.3 is 11.9 Å². The van der Waals surface area contributed by atoms with E-state index in [1.807, 2.05) is 27.7 Å². The van der Waals surface area contributed by atoms with Crippen LogP contribution in [0.2, 0.25) is 0 Å². The van der Waals surface area contributed by atoms with Crippen LogP contribution in [0.25, 0.3) is 0 Å². The van der Waals surface area contributed by atoms with Gasteiger partial charge in [-0.05, 0) is 38.0 Å². The SMILES string of the molecule is CCCCCCCC/C(C(=O)OCCC)=C(\CC(C)C)C(=O)OCCC. The second-order valence-electron chi connectivity index (χ2n) is 7.34. The summed E-state index contributed by atoms with van der Waals surface area (Å²) in [6, 6.07) is 0. The topological polar surface area (TPSA) is 52.6 Å². The van der Waals surface area contributed by atoms with Gasteiger partial charge in [-0.3, -0.25) is 0 Å². The first kappa shape index (κ1) is 24.7. The molecule has 0 aliphatic carbocycles. The Morgan fingerprint density at radius 1 is 0.692 bits per heavy atom. The van der Waals surface area contributed by atoms with Crippen LogP contribution in [-0.4, -0.2) is 25.2 Å². The maximum Gasteiger partial charge on any atom is 0.334 e. The molecule has 0 saturated heterocycles. The van der Waals surface area contributed by atoms with Crippen molar-refractivity contribution in [3.05, 3.63) is 11.1 Å². The van der Waals surface area contributed by atoms with E-state index in [4.69, 9.17) is 9.47 Å². The molecule has 0 aliphatic heterocycles. The molecule has 0 radical (unpaired) electrons. The number of ether oxygens (including phenoxy) is 2. The Balaban J connectivity index is 5.21. The zero-order valence-electron chi connectivity index (χ0n) is 17.7. The number of esters is 2. The summed E-state index contributed by atoms with van der Waals surface area (Å²) < 4.78 is 10.7. The van der Waals surface area contributed by atoms with Gasteiger partial charge in [0.2, 0.25) is 0 Å². The average molecular weight is 369 g/mol. The van der Waals surface area contributed by atoms with Crippen molar-refractivity contribution in [2.24, 2.45) is 5.92 Å². The lowest BCUT2D eigenvalue weighted by atomic mass is 9.94. The minimum Gasteiger partial charge on any atom is -0.462 e. The molecule has 0 spiro atoms. The first-order valence-corrected chi connectivity index (χ1v) is 10.5. The standard InChI is InChI=1S/C22H40O4/c1-6-9-10-11-12-13-14-19(21(23)25-15-7-2)20(17-18(4)5)22(24)26-16-8-3/h18H,6-17H2,1-5H3/b20-19-. The van der Waals surface area contributed by atoms with Crippen molar-refractivity contribution in [2.45, 2.75) is 98.8 Å². The molecule has 26 heavy (non-hydrogen) atoms. The maximum absolute atomic E-state index is 12.6. The summed E-state index contributed by atoms with van der Waals surface area (Å²) in [4.78, 5) is 25.1. The summed E-state index contributed by atoms with van der Waals surface area (Å²) in [5, 5.41) is 0. The first-order chi connectivity index (χ1) is 12.5. The summed E-state index contributed by atoms with van der Waals surface area (Å²) in [6.45, 7) is 11.0. The highest BCUT2D eigenvalue weighted by molar-refractivity contribution is 6.00. The number of rotatable bonds is 15. The lowest BCUT2D eigenvalue weighted by molar-refractivity contribution is -0.142. The van der Waals surface area contributed by atoms with Gasteiger partial charge in [0, 0.05) is 11.1 Å². The van der Waals surface area contributed by atoms with E-state index in [0.29, 0.717) is 37.2 Å². The maximum atomic E-state index is 12.6. The lowest BCUT2D eigenvalue weighted by Crippen LogP contribution is -2.19. The molecule has 0 aromatic rings. The van der Waals surface area contributed by atoms with Gasteiger partial charge in [-0.15, -0.1) is 0 Å². The van der Waals surface area contributed by atoms with Gasteiger partial charge in [-0.25, -0.2) is 9.59 Å². The molecule has 0 unspecified atom stereocenters. The second-order valence-corrected chi connectivity index (χ2v) is 7.34. The van der Waals surface area contributed by atoms with Crippen molar-refractivity contribution in [3.63, 3.8) is 0 Å². The van der Waals surface area contributed by atoms with Crippen LogP contribution in [0, 0.1) is 5.92 Å². The minimum atomic E-state index is -0.352. The Labute approximate surface area is 160 Å². The largest absolute Gasteiger partial charge is 0.462 e. The van der Waals surface area contributed by atoms with Crippen molar-refractivity contribution in [3.8, 4) is 0 Å². The van der Waals surface area contributed by atoms with Crippen LogP contribution >= 0.6 is 0 Å². The molecule has 152 valence electrons. The summed E-state index contributed by atoms with van der Waals surface area (Å²) in [5.74, 6) is -0.419. The van der Waals surface area contributed by atoms with E-state index in [1.165, 1.54) is 25.7 Å². The molecule has 0 atom stereocenters. The Bertz CT molecular complexity index is 424. The van der Waals surface area contributed by atoms with Gasteiger partial charge in [0.15, 0.2) is 0 Å². The van der Waals surface area contributed by atoms with Crippen molar-refractivity contribution < 1.29 is 19.1 Å². The van der Waals surface area contributed by atoms with Crippen LogP contribution in [-0.2, 0) is 19.1 Å². The third kappa shape index (κ3) is 11.3. The van der Waals surface area contributed by atoms with Crippen LogP contribution in [0.3, 0.4) is 0 Å². The Hall–Kier alpha value is -1.32. The van der Waals surface area contributed by atoms with Crippen molar-refractivity contribution >= 4 is 11.9 Å². The fourth-order valence-electron chi connectivity index (χ4n) is 2.76. The van der Waals surface area contributed by atoms with E-state index in [-0.39, 0.29) is 17.9 Å². The minimum absolute atomic E-state index is 0.276. The predicted octanol–water partition coefficient (Wildman–Crippen LogP) is 5.99. The monoisotopic (exact) mass is 368 g/mol. The molecular weight excluding hydrogens is 328 g/mol. The van der Waals surface area contributed by atoms with Crippen molar-refractivity contribution in [2.75, 3.05) is 13.2 Å². The fraction of sp³-hybridized carbons (Fsp3) is 0.818. The summed E-state index contributed by atoms with van der Waals surface area (Å²) in [6.07, 6.45) is 9.54. The number of hydrogen-bond acceptors (Lipinski definition) is 4. The fourth-order valence-corrected chi connectivity index (χ4v) is 2.76. The normalized spacial score (nSPS) is 12.1. The smallest absolute Gasteiger partial charge is 0.334 e. The van der Waals surface area contributed by atoms with Crippen LogP contribution in [0.15, 0.2) is 11.1 Å². The summed E-state index contributed by atoms with van der Waals surface area (Å²) >= 11 is 0. The summed E-state index contributed by atoms with van der Waals surface area (Å²) in [5.41, 5.74) is 1.05. The molecule has 0 heterocycles. The zero-order valence-corrected chi connectivity index (χ0v) is 17.7. The number of hydrogen-bond donors (Lipinski definition) is 0. The van der Waals surface area contributed by atoms with E-state index in [1.54, 1.807) is 0 Å². The van der Waals surface area contributed by atoms with Gasteiger partial charge in [0.1, 0.15) is 0 Å². The number of unbranched alkanes of at least 4 members (excludes halogenated alkanes) is 5. The zero-order chi connectivity index (χ0) is 19.8. The first-order valence-electron chi connectivity index (χ1n) is 10.5. The van der Waals surface area contributed by atoms with Gasteiger partial charge in [0.05, 0.1) is 13.2 Å². The van der Waals surface area contributed by atoms with Gasteiger partial charge in [0.25, 0.3) is 0 Å². The third-order valence-electron chi connectivity index (χ3n) is 4.12. The highest BCUT2D eigenvalue weighted by Gasteiger charge is 2.23. The highest BCUT2D eigenvalue weighted by Crippen LogP contribution is 2.23. The van der Waals surface area contributed by atoms with Crippen LogP contribution in [0.4, 0.5) is 0 Å². The molecule has 0 bridgehead atoms. The average Bonchev–Trinajstić information content (AvgIpc) is 2.61. The number of carbonyl (C=O) groups is 2. The van der Waals surface area contributed by atoms with Crippen LogP contribution in [0.5, 0.6) is 0 Å². The lowest BCUT2D eigenvalue weighted by Gasteiger charge is -2.16. The van der Waals surface area contributed by atoms with E-state index >= 15 is 0 Å². The van der Waals surface area contributed by atoms with Gasteiger partial charge < -0.3 is 9.47 Å². The molecule has 0 saturated carbocycles. The van der Waals surface area contributed by atoms with E-state index in [0.717, 1.165) is 25.7 Å². The molecule has 0 rings (SSSR count). The Morgan fingerprint density at radius 2 is 1.19 bits per heavy atom. The van der Waals surface area contributed by atoms with Crippen molar-refractivity contribution in [1.29, 1.82) is 0 Å². The van der Waals surface area contributed by atoms with Gasteiger partial charge in [-0.2, -0.15) is 0 Å². The van der Waals surface area contributed by atoms with E-state index in [9.17, 15) is 9.59 Å². The Kier molecular flexibility index (Phi) is 15.1. The molecule has 0 amide bonds. The summed E-state index contributed by atoms with van der Waals surface area (Å²) in [7, 11) is 0. The quantitative estimate of drug-likeness (QED) is 0.202. The van der Waals surface area contributed by atoms with E-state index in [2.05, 4.69) is 6.92 Å². The molecule has 4 nitrogen and oxygen atoms in total. The Morgan fingerprint density at radius 3 is 1.69 bits per heavy atom. The highest BCUT2D eigenvalue weighted by atomic mass is 16.5. The molecule has 0 aromatic heterocycles. The van der Waals surface area contributed by atoms with Crippen LogP contribution < -0.4 is 0 Å². The van der Waals surface area contributed by atoms with Crippen LogP contribution in [0.1, 0.15) is 98.8 Å². The molecule has 4 heteroatoms. The van der Waals surface area contributed by atoms with E-state index < -0.39 is 0 Å². The molecule has 0 N–H and O–H groups in total. The van der Waals surface area contributed by atoms with Crippen molar-refractivity contribution in [1.82, 2.24) is 0 Å². The molecule has 0 fully saturated rings. The predicted molar refractivity (Wildman–Crippen MR) is 107 cm³/mol. The number of carbonyl (C=O) groups excluding carboxylic acids is 2. The van der Waals surface area contributed by atoms with Gasteiger partial charge in [-0.1, -0.05) is 66.7 Å².